The van der Waals surface area contributed by atoms with Crippen molar-refractivity contribution in [1.82, 2.24) is 10.2 Å². The summed E-state index contributed by atoms with van der Waals surface area (Å²) in [7, 11) is 1.63. The SMILES string of the molecule is COC(CC(c1ccc(C#N)cc1)c1ccc(F)c(F)c1)N1CCC2(CC1)CNC(=O)O2. The standard InChI is InChI=1S/C24H25F2N3O3/c1-31-22(29-10-8-24(9-11-29)15-28-23(30)32-24)13-19(17-4-2-16(14-27)3-5-17)18-6-7-20(25)21(26)12-18/h2-7,12,19,22H,8-11,13,15H2,1H3,(H,28,30). The zero-order valence-corrected chi connectivity index (χ0v) is 17.8. The molecular formula is C24H25F2N3O3. The lowest BCUT2D eigenvalue weighted by Crippen LogP contribution is -2.50. The van der Waals surface area contributed by atoms with Crippen LogP contribution in [0.15, 0.2) is 42.5 Å². The smallest absolute Gasteiger partial charge is 0.407 e. The Balaban J connectivity index is 1.55. The van der Waals surface area contributed by atoms with Crippen LogP contribution < -0.4 is 5.32 Å². The van der Waals surface area contributed by atoms with Crippen molar-refractivity contribution < 1.29 is 23.0 Å². The Kier molecular flexibility index (Phi) is 6.40. The first-order valence-electron chi connectivity index (χ1n) is 10.6. The number of hydrogen-bond acceptors (Lipinski definition) is 5. The largest absolute Gasteiger partial charge is 0.441 e. The molecule has 1 spiro atoms. The van der Waals surface area contributed by atoms with Crippen LogP contribution >= 0.6 is 0 Å². The Bertz CT molecular complexity index is 1010. The molecule has 1 N–H and O–H groups in total. The van der Waals surface area contributed by atoms with Crippen molar-refractivity contribution in [3.05, 3.63) is 70.8 Å². The summed E-state index contributed by atoms with van der Waals surface area (Å²) in [5.41, 5.74) is 1.60. The number of benzene rings is 2. The van der Waals surface area contributed by atoms with Crippen LogP contribution in [-0.4, -0.2) is 49.6 Å². The monoisotopic (exact) mass is 441 g/mol. The van der Waals surface area contributed by atoms with Crippen LogP contribution in [0.3, 0.4) is 0 Å². The summed E-state index contributed by atoms with van der Waals surface area (Å²) in [6, 6.07) is 13.2. The van der Waals surface area contributed by atoms with Gasteiger partial charge in [-0.3, -0.25) is 4.90 Å². The van der Waals surface area contributed by atoms with E-state index < -0.39 is 17.2 Å². The van der Waals surface area contributed by atoms with E-state index in [9.17, 15) is 13.6 Å². The van der Waals surface area contributed by atoms with Crippen LogP contribution in [0.5, 0.6) is 0 Å². The molecule has 0 bridgehead atoms. The topological polar surface area (TPSA) is 74.6 Å². The first-order valence-corrected chi connectivity index (χ1v) is 10.6. The number of likely N-dealkylation sites (tertiary alicyclic amines) is 1. The Hall–Kier alpha value is -3.02. The summed E-state index contributed by atoms with van der Waals surface area (Å²) in [6.45, 7) is 1.89. The maximum atomic E-state index is 14.0. The van der Waals surface area contributed by atoms with E-state index in [1.807, 2.05) is 12.1 Å². The van der Waals surface area contributed by atoms with Gasteiger partial charge in [0.15, 0.2) is 11.6 Å². The molecule has 2 unspecified atom stereocenters. The number of ether oxygens (including phenoxy) is 2. The highest BCUT2D eigenvalue weighted by molar-refractivity contribution is 5.70. The van der Waals surface area contributed by atoms with Crippen LogP contribution in [0, 0.1) is 23.0 Å². The number of carbonyl (C=O) groups excluding carboxylic acids is 1. The quantitative estimate of drug-likeness (QED) is 0.736. The molecule has 2 aliphatic heterocycles. The third-order valence-corrected chi connectivity index (χ3v) is 6.48. The fourth-order valence-corrected chi connectivity index (χ4v) is 4.58. The number of nitrogens with one attached hydrogen (secondary N) is 1. The van der Waals surface area contributed by atoms with E-state index in [-0.39, 0.29) is 18.2 Å². The van der Waals surface area contributed by atoms with E-state index in [0.717, 1.165) is 11.6 Å². The Morgan fingerprint density at radius 2 is 1.84 bits per heavy atom. The molecule has 6 nitrogen and oxygen atoms in total. The van der Waals surface area contributed by atoms with Crippen molar-refractivity contribution in [2.75, 3.05) is 26.7 Å². The summed E-state index contributed by atoms with van der Waals surface area (Å²) < 4.78 is 38.9. The van der Waals surface area contributed by atoms with Gasteiger partial charge in [0.05, 0.1) is 18.2 Å². The van der Waals surface area contributed by atoms with E-state index in [1.165, 1.54) is 6.07 Å². The number of hydrogen-bond donors (Lipinski definition) is 1. The molecular weight excluding hydrogens is 416 g/mol. The number of halogens is 2. The number of alkyl carbamates (subject to hydrolysis) is 1. The fraction of sp³-hybridized carbons (Fsp3) is 0.417. The van der Waals surface area contributed by atoms with Crippen LogP contribution in [0.25, 0.3) is 0 Å². The Morgan fingerprint density at radius 3 is 2.41 bits per heavy atom. The van der Waals surface area contributed by atoms with Crippen molar-refractivity contribution in [2.45, 2.75) is 37.0 Å². The van der Waals surface area contributed by atoms with Crippen LogP contribution in [0.2, 0.25) is 0 Å². The van der Waals surface area contributed by atoms with Crippen molar-refractivity contribution in [1.29, 1.82) is 5.26 Å². The third-order valence-electron chi connectivity index (χ3n) is 6.48. The van der Waals surface area contributed by atoms with Gasteiger partial charge in [-0.2, -0.15) is 5.26 Å². The molecule has 168 valence electrons. The van der Waals surface area contributed by atoms with Crippen molar-refractivity contribution in [3.8, 4) is 6.07 Å². The molecule has 2 aromatic rings. The van der Waals surface area contributed by atoms with Crippen LogP contribution in [0.4, 0.5) is 13.6 Å². The van der Waals surface area contributed by atoms with E-state index >= 15 is 0 Å². The Morgan fingerprint density at radius 1 is 1.16 bits per heavy atom. The van der Waals surface area contributed by atoms with Gasteiger partial charge in [0.25, 0.3) is 0 Å². The molecule has 2 saturated heterocycles. The maximum Gasteiger partial charge on any atom is 0.407 e. The molecule has 2 aliphatic rings. The molecule has 4 rings (SSSR count). The maximum absolute atomic E-state index is 14.0. The lowest BCUT2D eigenvalue weighted by molar-refractivity contribution is -0.0826. The summed E-state index contributed by atoms with van der Waals surface area (Å²) in [5.74, 6) is -2.05. The number of piperidine rings is 1. The summed E-state index contributed by atoms with van der Waals surface area (Å²) >= 11 is 0. The molecule has 0 aliphatic carbocycles. The second kappa shape index (κ2) is 9.23. The molecule has 0 saturated carbocycles. The third kappa shape index (κ3) is 4.59. The number of rotatable bonds is 6. The van der Waals surface area contributed by atoms with E-state index in [4.69, 9.17) is 14.7 Å². The highest BCUT2D eigenvalue weighted by Gasteiger charge is 2.44. The molecule has 0 aromatic heterocycles. The van der Waals surface area contributed by atoms with Crippen LogP contribution in [0.1, 0.15) is 41.9 Å². The first-order chi connectivity index (χ1) is 15.4. The van der Waals surface area contributed by atoms with E-state index in [0.29, 0.717) is 50.0 Å². The molecule has 8 heteroatoms. The number of methoxy groups -OCH3 is 1. The van der Waals surface area contributed by atoms with E-state index in [2.05, 4.69) is 16.3 Å². The predicted molar refractivity (Wildman–Crippen MR) is 113 cm³/mol. The van der Waals surface area contributed by atoms with Gasteiger partial charge in [0.1, 0.15) is 11.8 Å². The predicted octanol–water partition coefficient (Wildman–Crippen LogP) is 3.91. The molecule has 2 aromatic carbocycles. The van der Waals surface area contributed by atoms with Gasteiger partial charge in [-0.15, -0.1) is 0 Å². The highest BCUT2D eigenvalue weighted by atomic mass is 19.2. The minimum absolute atomic E-state index is 0.260. The lowest BCUT2D eigenvalue weighted by Gasteiger charge is -2.41. The van der Waals surface area contributed by atoms with Crippen molar-refractivity contribution in [2.24, 2.45) is 0 Å². The first kappa shape index (κ1) is 22.2. The van der Waals surface area contributed by atoms with Gasteiger partial charge >= 0.3 is 6.09 Å². The summed E-state index contributed by atoms with van der Waals surface area (Å²) in [4.78, 5) is 13.7. The second-order valence-electron chi connectivity index (χ2n) is 8.35. The molecule has 2 heterocycles. The minimum Gasteiger partial charge on any atom is -0.441 e. The zero-order chi connectivity index (χ0) is 22.7. The highest BCUT2D eigenvalue weighted by Crippen LogP contribution is 2.35. The van der Waals surface area contributed by atoms with Crippen molar-refractivity contribution >= 4 is 6.09 Å². The van der Waals surface area contributed by atoms with E-state index in [1.54, 1.807) is 25.3 Å². The van der Waals surface area contributed by atoms with Gasteiger partial charge in [-0.1, -0.05) is 18.2 Å². The molecule has 1 amide bonds. The average molecular weight is 441 g/mol. The van der Waals surface area contributed by atoms with Gasteiger partial charge in [-0.05, 0) is 41.8 Å². The zero-order valence-electron chi connectivity index (χ0n) is 17.8. The Labute approximate surface area is 185 Å². The van der Waals surface area contributed by atoms with Gasteiger partial charge < -0.3 is 14.8 Å². The van der Waals surface area contributed by atoms with Gasteiger partial charge in [0.2, 0.25) is 0 Å². The summed E-state index contributed by atoms with van der Waals surface area (Å²) in [5, 5.41) is 11.8. The molecule has 0 radical (unpaired) electrons. The number of amides is 1. The summed E-state index contributed by atoms with van der Waals surface area (Å²) in [6.07, 6.45) is 1.25. The lowest BCUT2D eigenvalue weighted by atomic mass is 9.86. The average Bonchev–Trinajstić information content (AvgIpc) is 3.17. The van der Waals surface area contributed by atoms with Crippen LogP contribution in [-0.2, 0) is 9.47 Å². The van der Waals surface area contributed by atoms with Gasteiger partial charge in [-0.25, -0.2) is 13.6 Å². The molecule has 2 atom stereocenters. The normalized spacial score (nSPS) is 19.8. The number of nitriles is 1. The number of carbonyl (C=O) groups is 1. The fourth-order valence-electron chi connectivity index (χ4n) is 4.58. The molecule has 32 heavy (non-hydrogen) atoms. The van der Waals surface area contributed by atoms with Gasteiger partial charge in [0, 0.05) is 39.0 Å². The minimum atomic E-state index is -0.898. The number of nitrogens with zero attached hydrogens (tertiary/aromatic N) is 2. The van der Waals surface area contributed by atoms with Crippen molar-refractivity contribution in [3.63, 3.8) is 0 Å². The second-order valence-corrected chi connectivity index (χ2v) is 8.35. The molecule has 2 fully saturated rings.